The van der Waals surface area contributed by atoms with Crippen molar-refractivity contribution in [1.82, 2.24) is 9.97 Å². The Morgan fingerprint density at radius 3 is 2.55 bits per heavy atom. The van der Waals surface area contributed by atoms with E-state index in [0.717, 1.165) is 0 Å². The van der Waals surface area contributed by atoms with Crippen molar-refractivity contribution in [1.29, 1.82) is 0 Å². The van der Waals surface area contributed by atoms with Gasteiger partial charge in [0, 0.05) is 7.05 Å². The average molecular weight is 193 g/mol. The molecular formula is C5H6Cl2N4. The van der Waals surface area contributed by atoms with Crippen LogP contribution in [0.15, 0.2) is 0 Å². The second-order valence-corrected chi connectivity index (χ2v) is 2.52. The highest BCUT2D eigenvalue weighted by atomic mass is 35.5. The van der Waals surface area contributed by atoms with Gasteiger partial charge in [0.05, 0.1) is 0 Å². The number of nitrogens with zero attached hydrogens (tertiary/aromatic N) is 2. The van der Waals surface area contributed by atoms with E-state index in [1.165, 1.54) is 0 Å². The molecule has 0 saturated heterocycles. The molecule has 1 heterocycles. The summed E-state index contributed by atoms with van der Waals surface area (Å²) in [6.45, 7) is 0. The molecule has 0 unspecified atom stereocenters. The van der Waals surface area contributed by atoms with E-state index in [1.54, 1.807) is 7.05 Å². The van der Waals surface area contributed by atoms with E-state index in [4.69, 9.17) is 28.9 Å². The van der Waals surface area contributed by atoms with Crippen molar-refractivity contribution in [2.45, 2.75) is 0 Å². The number of anilines is 2. The molecule has 1 aromatic rings. The third-order valence-corrected chi connectivity index (χ3v) is 1.79. The van der Waals surface area contributed by atoms with Crippen molar-refractivity contribution in [2.24, 2.45) is 0 Å². The lowest BCUT2D eigenvalue weighted by Gasteiger charge is -2.03. The highest BCUT2D eigenvalue weighted by Crippen LogP contribution is 2.26. The van der Waals surface area contributed by atoms with Crippen LogP contribution in [0.25, 0.3) is 0 Å². The number of nitrogens with one attached hydrogen (secondary N) is 1. The van der Waals surface area contributed by atoms with Crippen LogP contribution in [0, 0.1) is 0 Å². The number of hydrogen-bond donors (Lipinski definition) is 2. The van der Waals surface area contributed by atoms with Gasteiger partial charge in [0.2, 0.25) is 5.95 Å². The normalized spacial score (nSPS) is 9.73. The molecule has 60 valence electrons. The van der Waals surface area contributed by atoms with Crippen LogP contribution in [0.5, 0.6) is 0 Å². The van der Waals surface area contributed by atoms with Crippen molar-refractivity contribution >= 4 is 35.0 Å². The van der Waals surface area contributed by atoms with Crippen molar-refractivity contribution in [3.63, 3.8) is 0 Å². The molecule has 1 rings (SSSR count). The molecule has 0 aliphatic heterocycles. The molecule has 0 fully saturated rings. The van der Waals surface area contributed by atoms with Gasteiger partial charge in [-0.2, -0.15) is 9.97 Å². The smallest absolute Gasteiger partial charge is 0.223 e. The first-order chi connectivity index (χ1) is 5.15. The molecule has 11 heavy (non-hydrogen) atoms. The van der Waals surface area contributed by atoms with Crippen LogP contribution in [-0.4, -0.2) is 17.0 Å². The van der Waals surface area contributed by atoms with Gasteiger partial charge in [-0.05, 0) is 0 Å². The molecule has 0 aliphatic rings. The van der Waals surface area contributed by atoms with Gasteiger partial charge < -0.3 is 11.1 Å². The summed E-state index contributed by atoms with van der Waals surface area (Å²) in [6, 6.07) is 0. The predicted molar refractivity (Wildman–Crippen MR) is 46.0 cm³/mol. The number of nitrogens with two attached hydrogens (primary N) is 1. The van der Waals surface area contributed by atoms with Gasteiger partial charge in [-0.25, -0.2) is 0 Å². The van der Waals surface area contributed by atoms with Crippen molar-refractivity contribution in [3.8, 4) is 0 Å². The second kappa shape index (κ2) is 3.11. The Labute approximate surface area is 73.7 Å². The number of nitrogen functional groups attached to an aromatic ring is 1. The minimum absolute atomic E-state index is 0.101. The molecule has 0 bridgehead atoms. The van der Waals surface area contributed by atoms with Crippen molar-refractivity contribution in [3.05, 3.63) is 10.2 Å². The molecule has 0 atom stereocenters. The SMILES string of the molecule is CNc1nc(N)nc(Cl)c1Cl. The molecule has 3 N–H and O–H groups in total. The lowest BCUT2D eigenvalue weighted by Crippen LogP contribution is -2.00. The van der Waals surface area contributed by atoms with Crippen LogP contribution in [0.3, 0.4) is 0 Å². The molecule has 6 heteroatoms. The molecule has 1 aromatic heterocycles. The van der Waals surface area contributed by atoms with E-state index < -0.39 is 0 Å². The first-order valence-electron chi connectivity index (χ1n) is 2.81. The Kier molecular flexibility index (Phi) is 2.36. The molecule has 4 nitrogen and oxygen atoms in total. The molecule has 0 saturated carbocycles. The first-order valence-corrected chi connectivity index (χ1v) is 3.57. The van der Waals surface area contributed by atoms with E-state index in [9.17, 15) is 0 Å². The number of aromatic nitrogens is 2. The van der Waals surface area contributed by atoms with Crippen LogP contribution in [-0.2, 0) is 0 Å². The van der Waals surface area contributed by atoms with E-state index in [1.807, 2.05) is 0 Å². The van der Waals surface area contributed by atoms with Crippen LogP contribution in [0.1, 0.15) is 0 Å². The molecule has 0 spiro atoms. The van der Waals surface area contributed by atoms with Crippen molar-refractivity contribution < 1.29 is 0 Å². The highest BCUT2D eigenvalue weighted by Gasteiger charge is 2.06. The molecule has 0 aromatic carbocycles. The summed E-state index contributed by atoms with van der Waals surface area (Å²) in [6.07, 6.45) is 0. The minimum atomic E-state index is 0.101. The van der Waals surface area contributed by atoms with Gasteiger partial charge in [0.1, 0.15) is 5.02 Å². The fourth-order valence-electron chi connectivity index (χ4n) is 0.602. The zero-order chi connectivity index (χ0) is 8.43. The van der Waals surface area contributed by atoms with Crippen LogP contribution in [0.4, 0.5) is 11.8 Å². The maximum absolute atomic E-state index is 5.69. The summed E-state index contributed by atoms with van der Waals surface area (Å²) in [5.41, 5.74) is 5.30. The predicted octanol–water partition coefficient (Wildman–Crippen LogP) is 1.41. The van der Waals surface area contributed by atoms with E-state index in [0.29, 0.717) is 5.82 Å². The number of hydrogen-bond acceptors (Lipinski definition) is 4. The fraction of sp³-hybridized carbons (Fsp3) is 0.200. The summed E-state index contributed by atoms with van der Waals surface area (Å²) < 4.78 is 0. The van der Waals surface area contributed by atoms with Gasteiger partial charge in [-0.3, -0.25) is 0 Å². The molecule has 0 aliphatic carbocycles. The summed E-state index contributed by atoms with van der Waals surface area (Å²) in [7, 11) is 1.67. The minimum Gasteiger partial charge on any atom is -0.372 e. The Balaban J connectivity index is 3.24. The quantitative estimate of drug-likeness (QED) is 0.661. The Hall–Kier alpha value is -0.740. The first kappa shape index (κ1) is 8.36. The number of halogens is 2. The van der Waals surface area contributed by atoms with Gasteiger partial charge >= 0.3 is 0 Å². The van der Waals surface area contributed by atoms with Gasteiger partial charge in [-0.15, -0.1) is 0 Å². The second-order valence-electron chi connectivity index (χ2n) is 1.79. The highest BCUT2D eigenvalue weighted by molar-refractivity contribution is 6.42. The lowest BCUT2D eigenvalue weighted by molar-refractivity contribution is 1.18. The standard InChI is InChI=1S/C5H6Cl2N4/c1-9-4-2(6)3(7)10-5(8)11-4/h1H3,(H3,8,9,10,11). The topological polar surface area (TPSA) is 63.8 Å². The fourth-order valence-corrected chi connectivity index (χ4v) is 0.957. The van der Waals surface area contributed by atoms with Crippen LogP contribution in [0.2, 0.25) is 10.2 Å². The maximum Gasteiger partial charge on any atom is 0.223 e. The Bertz CT molecular complexity index is 275. The molecular weight excluding hydrogens is 187 g/mol. The van der Waals surface area contributed by atoms with E-state index in [-0.39, 0.29) is 16.1 Å². The Morgan fingerprint density at radius 2 is 2.00 bits per heavy atom. The summed E-state index contributed by atoms with van der Waals surface area (Å²) >= 11 is 11.3. The Morgan fingerprint density at radius 1 is 1.36 bits per heavy atom. The third-order valence-electron chi connectivity index (χ3n) is 1.06. The largest absolute Gasteiger partial charge is 0.372 e. The third kappa shape index (κ3) is 1.64. The van der Waals surface area contributed by atoms with Crippen molar-refractivity contribution in [2.75, 3.05) is 18.1 Å². The van der Waals surface area contributed by atoms with Gasteiger partial charge in [0.15, 0.2) is 11.0 Å². The molecule has 0 amide bonds. The average Bonchev–Trinajstić information content (AvgIpc) is 1.96. The van der Waals surface area contributed by atoms with E-state index in [2.05, 4.69) is 15.3 Å². The summed E-state index contributed by atoms with van der Waals surface area (Å²) in [4.78, 5) is 7.43. The van der Waals surface area contributed by atoms with Crippen LogP contribution >= 0.6 is 23.2 Å². The van der Waals surface area contributed by atoms with Gasteiger partial charge in [0.25, 0.3) is 0 Å². The van der Waals surface area contributed by atoms with E-state index >= 15 is 0 Å². The van der Waals surface area contributed by atoms with Gasteiger partial charge in [-0.1, -0.05) is 23.2 Å². The number of rotatable bonds is 1. The maximum atomic E-state index is 5.69. The lowest BCUT2D eigenvalue weighted by atomic mass is 10.6. The zero-order valence-corrected chi connectivity index (χ0v) is 7.24. The summed E-state index contributed by atoms with van der Waals surface area (Å²) in [5, 5.41) is 3.17. The van der Waals surface area contributed by atoms with Crippen LogP contribution < -0.4 is 11.1 Å². The zero-order valence-electron chi connectivity index (χ0n) is 5.73. The summed E-state index contributed by atoms with van der Waals surface area (Å²) in [5.74, 6) is 0.535. The molecule has 0 radical (unpaired) electrons. The monoisotopic (exact) mass is 192 g/mol.